The van der Waals surface area contributed by atoms with Crippen LogP contribution in [0.4, 0.5) is 0 Å². The Morgan fingerprint density at radius 3 is 2.87 bits per heavy atom. The van der Waals surface area contributed by atoms with E-state index in [0.29, 0.717) is 13.2 Å². The van der Waals surface area contributed by atoms with E-state index in [1.54, 1.807) is 0 Å². The number of ether oxygens (including phenoxy) is 2. The smallest absolute Gasteiger partial charge is 0.0659 e. The Labute approximate surface area is 92.7 Å². The summed E-state index contributed by atoms with van der Waals surface area (Å²) in [5.74, 6) is 0. The van der Waals surface area contributed by atoms with Gasteiger partial charge in [-0.05, 0) is 20.3 Å². The summed E-state index contributed by atoms with van der Waals surface area (Å²) in [5.41, 5.74) is 5.83. The lowest BCUT2D eigenvalue weighted by Crippen LogP contribution is -2.55. The van der Waals surface area contributed by atoms with Gasteiger partial charge >= 0.3 is 0 Å². The maximum absolute atomic E-state index is 5.87. The number of hydrogen-bond donors (Lipinski definition) is 1. The van der Waals surface area contributed by atoms with E-state index < -0.39 is 0 Å². The fraction of sp³-hybridized carbons (Fsp3) is 1.00. The second kappa shape index (κ2) is 6.43. The van der Waals surface area contributed by atoms with Crippen LogP contribution in [0.15, 0.2) is 0 Å². The summed E-state index contributed by atoms with van der Waals surface area (Å²) in [6.07, 6.45) is 1.09. The van der Waals surface area contributed by atoms with Crippen LogP contribution in [0, 0.1) is 0 Å². The molecule has 90 valence electrons. The second-order valence-corrected chi connectivity index (χ2v) is 4.29. The van der Waals surface area contributed by atoms with Crippen molar-refractivity contribution in [1.29, 1.82) is 0 Å². The van der Waals surface area contributed by atoms with E-state index in [4.69, 9.17) is 15.2 Å². The molecule has 0 aromatic carbocycles. The van der Waals surface area contributed by atoms with Crippen LogP contribution >= 0.6 is 0 Å². The van der Waals surface area contributed by atoms with Crippen LogP contribution in [0.25, 0.3) is 0 Å². The molecule has 0 saturated carbocycles. The Bertz CT molecular complexity index is 170. The van der Waals surface area contributed by atoms with Gasteiger partial charge < -0.3 is 15.2 Å². The Balaban J connectivity index is 2.52. The molecule has 0 aromatic rings. The van der Waals surface area contributed by atoms with E-state index in [-0.39, 0.29) is 5.54 Å². The average Bonchev–Trinajstić information content (AvgIpc) is 2.54. The summed E-state index contributed by atoms with van der Waals surface area (Å²) >= 11 is 0. The first-order chi connectivity index (χ1) is 7.23. The van der Waals surface area contributed by atoms with E-state index in [0.717, 1.165) is 39.3 Å². The highest BCUT2D eigenvalue weighted by Crippen LogP contribution is 2.16. The van der Waals surface area contributed by atoms with Crippen molar-refractivity contribution in [2.24, 2.45) is 5.73 Å². The lowest BCUT2D eigenvalue weighted by atomic mass is 10.0. The summed E-state index contributed by atoms with van der Waals surface area (Å²) < 4.78 is 11.0. The molecule has 4 heteroatoms. The highest BCUT2D eigenvalue weighted by molar-refractivity contribution is 4.88. The van der Waals surface area contributed by atoms with Gasteiger partial charge in [0.25, 0.3) is 0 Å². The molecule has 1 fully saturated rings. The van der Waals surface area contributed by atoms with Gasteiger partial charge in [0.1, 0.15) is 0 Å². The lowest BCUT2D eigenvalue weighted by molar-refractivity contribution is 0.00902. The summed E-state index contributed by atoms with van der Waals surface area (Å²) in [5, 5.41) is 0. The van der Waals surface area contributed by atoms with Crippen molar-refractivity contribution in [3.63, 3.8) is 0 Å². The van der Waals surface area contributed by atoms with Gasteiger partial charge in [-0.1, -0.05) is 0 Å². The van der Waals surface area contributed by atoms with Gasteiger partial charge in [-0.15, -0.1) is 0 Å². The first kappa shape index (κ1) is 12.9. The largest absolute Gasteiger partial charge is 0.380 e. The van der Waals surface area contributed by atoms with Crippen LogP contribution in [0.2, 0.25) is 0 Å². The molecule has 15 heavy (non-hydrogen) atoms. The standard InChI is InChI=1S/C11H24N2O2/c1-3-14-10-11(2,9-12)13-5-4-7-15-8-6-13/h3-10,12H2,1-2H3. The lowest BCUT2D eigenvalue weighted by Gasteiger charge is -2.39. The molecule has 0 radical (unpaired) electrons. The van der Waals surface area contributed by atoms with Gasteiger partial charge in [-0.25, -0.2) is 0 Å². The van der Waals surface area contributed by atoms with E-state index in [9.17, 15) is 0 Å². The molecule has 0 aromatic heterocycles. The molecule has 2 N–H and O–H groups in total. The van der Waals surface area contributed by atoms with Crippen LogP contribution in [0.1, 0.15) is 20.3 Å². The zero-order chi connectivity index (χ0) is 11.1. The number of rotatable bonds is 5. The Morgan fingerprint density at radius 2 is 2.20 bits per heavy atom. The number of nitrogens with zero attached hydrogens (tertiary/aromatic N) is 1. The predicted octanol–water partition coefficient (Wildman–Crippen LogP) is 0.463. The van der Waals surface area contributed by atoms with Crippen molar-refractivity contribution < 1.29 is 9.47 Å². The highest BCUT2D eigenvalue weighted by atomic mass is 16.5. The number of hydrogen-bond acceptors (Lipinski definition) is 4. The van der Waals surface area contributed by atoms with Crippen molar-refractivity contribution >= 4 is 0 Å². The number of nitrogens with two attached hydrogens (primary N) is 1. The quantitative estimate of drug-likeness (QED) is 0.725. The van der Waals surface area contributed by atoms with Crippen molar-refractivity contribution in [3.8, 4) is 0 Å². The van der Waals surface area contributed by atoms with Gasteiger partial charge in [-0.3, -0.25) is 4.90 Å². The predicted molar refractivity (Wildman–Crippen MR) is 61.0 cm³/mol. The molecule has 1 atom stereocenters. The van der Waals surface area contributed by atoms with Crippen LogP contribution < -0.4 is 5.73 Å². The fourth-order valence-corrected chi connectivity index (χ4v) is 1.89. The van der Waals surface area contributed by atoms with Gasteiger partial charge in [0, 0.05) is 32.8 Å². The van der Waals surface area contributed by atoms with Crippen LogP contribution in [-0.4, -0.2) is 56.5 Å². The van der Waals surface area contributed by atoms with Gasteiger partial charge in [0.15, 0.2) is 0 Å². The van der Waals surface area contributed by atoms with E-state index >= 15 is 0 Å². The first-order valence-corrected chi connectivity index (χ1v) is 5.83. The highest BCUT2D eigenvalue weighted by Gasteiger charge is 2.31. The fourth-order valence-electron chi connectivity index (χ4n) is 1.89. The molecule has 0 bridgehead atoms. The van der Waals surface area contributed by atoms with Gasteiger partial charge in [-0.2, -0.15) is 0 Å². The SMILES string of the molecule is CCOCC(C)(CN)N1CCCOCC1. The molecule has 1 aliphatic heterocycles. The third-order valence-electron chi connectivity index (χ3n) is 3.04. The molecule has 4 nitrogen and oxygen atoms in total. The molecule has 0 spiro atoms. The van der Waals surface area contributed by atoms with Gasteiger partial charge in [0.2, 0.25) is 0 Å². The van der Waals surface area contributed by atoms with E-state index in [1.165, 1.54) is 0 Å². The van der Waals surface area contributed by atoms with Crippen molar-refractivity contribution in [2.75, 3.05) is 46.1 Å². The molecular weight excluding hydrogens is 192 g/mol. The maximum atomic E-state index is 5.87. The minimum absolute atomic E-state index is 0.0380. The summed E-state index contributed by atoms with van der Waals surface area (Å²) in [7, 11) is 0. The minimum atomic E-state index is -0.0380. The van der Waals surface area contributed by atoms with Crippen molar-refractivity contribution in [1.82, 2.24) is 4.90 Å². The molecule has 0 amide bonds. The minimum Gasteiger partial charge on any atom is -0.380 e. The normalized spacial score (nSPS) is 23.4. The molecule has 1 rings (SSSR count). The maximum Gasteiger partial charge on any atom is 0.0659 e. The summed E-state index contributed by atoms with van der Waals surface area (Å²) in [4.78, 5) is 2.40. The first-order valence-electron chi connectivity index (χ1n) is 5.83. The molecular formula is C11H24N2O2. The Morgan fingerprint density at radius 1 is 1.40 bits per heavy atom. The molecule has 1 saturated heterocycles. The van der Waals surface area contributed by atoms with Crippen molar-refractivity contribution in [2.45, 2.75) is 25.8 Å². The third kappa shape index (κ3) is 3.72. The summed E-state index contributed by atoms with van der Waals surface area (Å²) in [6.45, 7) is 9.97. The Hall–Kier alpha value is -0.160. The van der Waals surface area contributed by atoms with E-state index in [1.807, 2.05) is 6.92 Å². The van der Waals surface area contributed by atoms with Crippen molar-refractivity contribution in [3.05, 3.63) is 0 Å². The van der Waals surface area contributed by atoms with Crippen LogP contribution in [0.3, 0.4) is 0 Å². The molecule has 1 aliphatic rings. The molecule has 1 heterocycles. The average molecular weight is 216 g/mol. The van der Waals surface area contributed by atoms with Crippen LogP contribution in [0.5, 0.6) is 0 Å². The third-order valence-corrected chi connectivity index (χ3v) is 3.04. The summed E-state index contributed by atoms with van der Waals surface area (Å²) in [6, 6.07) is 0. The second-order valence-electron chi connectivity index (χ2n) is 4.29. The van der Waals surface area contributed by atoms with Crippen LogP contribution in [-0.2, 0) is 9.47 Å². The topological polar surface area (TPSA) is 47.7 Å². The Kier molecular flexibility index (Phi) is 5.53. The molecule has 0 aliphatic carbocycles. The van der Waals surface area contributed by atoms with E-state index in [2.05, 4.69) is 11.8 Å². The zero-order valence-corrected chi connectivity index (χ0v) is 10.00. The molecule has 1 unspecified atom stereocenters. The monoisotopic (exact) mass is 216 g/mol. The zero-order valence-electron chi connectivity index (χ0n) is 10.00. The van der Waals surface area contributed by atoms with Gasteiger partial charge in [0.05, 0.1) is 18.8 Å².